The van der Waals surface area contributed by atoms with Crippen molar-refractivity contribution in [2.24, 2.45) is 0 Å². The Bertz CT molecular complexity index is 1020. The van der Waals surface area contributed by atoms with Gasteiger partial charge in [0.1, 0.15) is 0 Å². The quantitative estimate of drug-likeness (QED) is 0.659. The smallest absolute Gasteiger partial charge is 0.307 e. The number of hydrogen-bond donors (Lipinski definition) is 1. The van der Waals surface area contributed by atoms with E-state index in [0.717, 1.165) is 24.1 Å². The van der Waals surface area contributed by atoms with Crippen LogP contribution in [0.2, 0.25) is 0 Å². The van der Waals surface area contributed by atoms with Crippen molar-refractivity contribution in [2.45, 2.75) is 38.1 Å². The molecule has 0 spiro atoms. The van der Waals surface area contributed by atoms with Crippen LogP contribution in [-0.4, -0.2) is 29.1 Å². The van der Waals surface area contributed by atoms with Crippen LogP contribution >= 0.6 is 0 Å². The summed E-state index contributed by atoms with van der Waals surface area (Å²) in [5, 5.41) is 7.54. The largest absolute Gasteiger partial charge is 0.469 e. The lowest BCUT2D eigenvalue weighted by Crippen LogP contribution is -2.30. The number of amides is 1. The number of pyridine rings is 1. The molecule has 1 aliphatic carbocycles. The second-order valence-electron chi connectivity index (χ2n) is 7.03. The molecule has 1 aromatic carbocycles. The van der Waals surface area contributed by atoms with Crippen LogP contribution in [0, 0.1) is 6.92 Å². The highest BCUT2D eigenvalue weighted by atomic mass is 16.5. The molecule has 7 heteroatoms. The van der Waals surface area contributed by atoms with Gasteiger partial charge in [0.25, 0.3) is 11.6 Å². The summed E-state index contributed by atoms with van der Waals surface area (Å²) in [7, 11) is 1.33. The third-order valence-corrected chi connectivity index (χ3v) is 4.98. The molecule has 0 aliphatic heterocycles. The van der Waals surface area contributed by atoms with Crippen LogP contribution in [0.15, 0.2) is 40.9 Å². The number of aryl methyl sites for hydroxylation is 1. The standard InChI is InChI=1S/C21H21N3O4/c1-12-19-15(10-16(14-8-9-14)23-21(19)28-24-12)20(26)22-17(11-18(25)27-2)13-6-4-3-5-7-13/h3-7,10,14,17H,8-9,11H2,1-2H3,(H,22,26)/t17-/m1/s1. The van der Waals surface area contributed by atoms with E-state index in [9.17, 15) is 9.59 Å². The number of benzene rings is 1. The molecule has 0 unspecified atom stereocenters. The number of aromatic nitrogens is 2. The zero-order valence-electron chi connectivity index (χ0n) is 15.8. The maximum absolute atomic E-state index is 13.2. The number of hydrogen-bond acceptors (Lipinski definition) is 6. The molecule has 0 saturated heterocycles. The molecule has 1 amide bonds. The van der Waals surface area contributed by atoms with Gasteiger partial charge in [-0.3, -0.25) is 9.59 Å². The molecule has 0 bridgehead atoms. The molecular formula is C21H21N3O4. The minimum Gasteiger partial charge on any atom is -0.469 e. The van der Waals surface area contributed by atoms with E-state index >= 15 is 0 Å². The lowest BCUT2D eigenvalue weighted by atomic mass is 10.0. The van der Waals surface area contributed by atoms with Gasteiger partial charge >= 0.3 is 5.97 Å². The summed E-state index contributed by atoms with van der Waals surface area (Å²) in [5.41, 5.74) is 3.13. The van der Waals surface area contributed by atoms with Gasteiger partial charge in [-0.05, 0) is 31.4 Å². The molecule has 0 radical (unpaired) electrons. The summed E-state index contributed by atoms with van der Waals surface area (Å²) in [6.07, 6.45) is 2.15. The molecular weight excluding hydrogens is 358 g/mol. The zero-order valence-corrected chi connectivity index (χ0v) is 15.8. The summed E-state index contributed by atoms with van der Waals surface area (Å²) < 4.78 is 10.1. The highest BCUT2D eigenvalue weighted by Crippen LogP contribution is 2.40. The Balaban J connectivity index is 1.69. The monoisotopic (exact) mass is 379 g/mol. The average Bonchev–Trinajstić information content (AvgIpc) is 3.50. The predicted octanol–water partition coefficient (Wildman–Crippen LogP) is 3.44. The molecule has 4 rings (SSSR count). The van der Waals surface area contributed by atoms with Crippen molar-refractivity contribution in [1.29, 1.82) is 0 Å². The summed E-state index contributed by atoms with van der Waals surface area (Å²) in [6, 6.07) is 10.7. The first-order chi connectivity index (χ1) is 13.6. The van der Waals surface area contributed by atoms with Gasteiger partial charge in [0, 0.05) is 11.6 Å². The number of carbonyl (C=O) groups excluding carboxylic acids is 2. The Labute approximate surface area is 162 Å². The van der Waals surface area contributed by atoms with Gasteiger partial charge in [-0.15, -0.1) is 0 Å². The Hall–Kier alpha value is -3.22. The number of carbonyl (C=O) groups is 2. The van der Waals surface area contributed by atoms with Gasteiger partial charge in [0.2, 0.25) is 0 Å². The Morgan fingerprint density at radius 1 is 1.29 bits per heavy atom. The number of fused-ring (bicyclic) bond motifs is 1. The lowest BCUT2D eigenvalue weighted by molar-refractivity contribution is -0.141. The highest BCUT2D eigenvalue weighted by Gasteiger charge is 2.29. The van der Waals surface area contributed by atoms with E-state index < -0.39 is 12.0 Å². The molecule has 1 fully saturated rings. The van der Waals surface area contributed by atoms with Crippen molar-refractivity contribution in [2.75, 3.05) is 7.11 Å². The van der Waals surface area contributed by atoms with Crippen molar-refractivity contribution < 1.29 is 18.8 Å². The lowest BCUT2D eigenvalue weighted by Gasteiger charge is -2.18. The number of rotatable bonds is 6. The maximum atomic E-state index is 13.2. The first kappa shape index (κ1) is 18.2. The molecule has 2 aromatic heterocycles. The van der Waals surface area contributed by atoms with E-state index in [-0.39, 0.29) is 12.3 Å². The molecule has 144 valence electrons. The predicted molar refractivity (Wildman–Crippen MR) is 102 cm³/mol. The third kappa shape index (κ3) is 3.60. The fraction of sp³-hybridized carbons (Fsp3) is 0.333. The first-order valence-corrected chi connectivity index (χ1v) is 9.26. The van der Waals surface area contributed by atoms with Crippen LogP contribution in [0.25, 0.3) is 11.1 Å². The van der Waals surface area contributed by atoms with E-state index in [2.05, 4.69) is 15.5 Å². The van der Waals surface area contributed by atoms with E-state index in [4.69, 9.17) is 9.26 Å². The first-order valence-electron chi connectivity index (χ1n) is 9.26. The van der Waals surface area contributed by atoms with Crippen molar-refractivity contribution >= 4 is 23.0 Å². The SMILES string of the molecule is COC(=O)C[C@@H](NC(=O)c1cc(C2CC2)nc2onc(C)c12)c1ccccc1. The normalized spacial score (nSPS) is 14.6. The van der Waals surface area contributed by atoms with Gasteiger partial charge in [-0.25, -0.2) is 4.98 Å². The molecule has 1 N–H and O–H groups in total. The molecule has 3 aromatic rings. The Morgan fingerprint density at radius 2 is 2.04 bits per heavy atom. The maximum Gasteiger partial charge on any atom is 0.307 e. The summed E-state index contributed by atoms with van der Waals surface area (Å²) in [6.45, 7) is 1.78. The second-order valence-corrected chi connectivity index (χ2v) is 7.03. The van der Waals surface area contributed by atoms with Crippen molar-refractivity contribution in [3.05, 3.63) is 58.9 Å². The van der Waals surface area contributed by atoms with Gasteiger partial charge in [-0.1, -0.05) is 35.5 Å². The number of nitrogens with one attached hydrogen (secondary N) is 1. The topological polar surface area (TPSA) is 94.3 Å². The van der Waals surface area contributed by atoms with E-state index in [1.807, 2.05) is 36.4 Å². The van der Waals surface area contributed by atoms with E-state index in [1.54, 1.807) is 6.92 Å². The second kappa shape index (κ2) is 7.42. The summed E-state index contributed by atoms with van der Waals surface area (Å²) in [5.74, 6) is -0.325. The highest BCUT2D eigenvalue weighted by molar-refractivity contribution is 6.06. The third-order valence-electron chi connectivity index (χ3n) is 4.98. The van der Waals surface area contributed by atoms with Gasteiger partial charge in [-0.2, -0.15) is 0 Å². The number of nitrogens with zero attached hydrogens (tertiary/aromatic N) is 2. The van der Waals surface area contributed by atoms with Crippen LogP contribution in [0.5, 0.6) is 0 Å². The summed E-state index contributed by atoms with van der Waals surface area (Å²) in [4.78, 5) is 29.6. The van der Waals surface area contributed by atoms with Crippen molar-refractivity contribution in [3.63, 3.8) is 0 Å². The van der Waals surface area contributed by atoms with Gasteiger partial charge in [0.05, 0.1) is 36.2 Å². The number of esters is 1. The molecule has 1 saturated carbocycles. The molecule has 1 aliphatic rings. The van der Waals surface area contributed by atoms with Crippen LogP contribution in [0.3, 0.4) is 0 Å². The van der Waals surface area contributed by atoms with Crippen LogP contribution in [0.4, 0.5) is 0 Å². The fourth-order valence-electron chi connectivity index (χ4n) is 3.30. The zero-order chi connectivity index (χ0) is 19.7. The van der Waals surface area contributed by atoms with E-state index in [0.29, 0.717) is 28.3 Å². The Morgan fingerprint density at radius 3 is 2.71 bits per heavy atom. The number of methoxy groups -OCH3 is 1. The minimum atomic E-state index is -0.506. The van der Waals surface area contributed by atoms with Crippen LogP contribution in [0.1, 0.15) is 58.5 Å². The molecule has 1 atom stereocenters. The van der Waals surface area contributed by atoms with Gasteiger partial charge < -0.3 is 14.6 Å². The average molecular weight is 379 g/mol. The van der Waals surface area contributed by atoms with Gasteiger partial charge in [0.15, 0.2) is 0 Å². The van der Waals surface area contributed by atoms with Crippen molar-refractivity contribution in [3.8, 4) is 0 Å². The minimum absolute atomic E-state index is 0.0403. The van der Waals surface area contributed by atoms with Crippen LogP contribution < -0.4 is 5.32 Å². The summed E-state index contributed by atoms with van der Waals surface area (Å²) >= 11 is 0. The van der Waals surface area contributed by atoms with Crippen LogP contribution in [-0.2, 0) is 9.53 Å². The Kier molecular flexibility index (Phi) is 4.81. The molecule has 28 heavy (non-hydrogen) atoms. The molecule has 7 nitrogen and oxygen atoms in total. The van der Waals surface area contributed by atoms with Crippen molar-refractivity contribution in [1.82, 2.24) is 15.5 Å². The number of ether oxygens (including phenoxy) is 1. The molecule has 2 heterocycles. The fourth-order valence-corrected chi connectivity index (χ4v) is 3.30. The van der Waals surface area contributed by atoms with E-state index in [1.165, 1.54) is 7.11 Å².